The van der Waals surface area contributed by atoms with Crippen molar-refractivity contribution in [2.45, 2.75) is 94.1 Å². The van der Waals surface area contributed by atoms with Crippen LogP contribution in [-0.4, -0.2) is 47.3 Å². The second-order valence-corrected chi connectivity index (χ2v) is 17.3. The molecule has 2 unspecified atom stereocenters. The number of piperidine rings is 1. The van der Waals surface area contributed by atoms with E-state index in [1.165, 1.54) is 0 Å². The van der Waals surface area contributed by atoms with Crippen LogP contribution in [0.3, 0.4) is 0 Å². The molecule has 0 radical (unpaired) electrons. The maximum absolute atomic E-state index is 13.0. The van der Waals surface area contributed by atoms with Crippen molar-refractivity contribution in [2.24, 2.45) is 0 Å². The lowest BCUT2D eigenvalue weighted by Crippen LogP contribution is -2.64. The molecule has 2 aromatic heterocycles. The number of carbonyl (C=O) groups excluding carboxylic acids is 1. The topological polar surface area (TPSA) is 117 Å². The summed E-state index contributed by atoms with van der Waals surface area (Å²) in [7, 11) is -3.71. The molecule has 2 atom stereocenters. The Morgan fingerprint density at radius 1 is 1.13 bits per heavy atom. The van der Waals surface area contributed by atoms with Crippen molar-refractivity contribution in [3.8, 4) is 11.3 Å². The Bertz CT molecular complexity index is 1930. The molecular weight excluding hydrogens is 653 g/mol. The van der Waals surface area contributed by atoms with Gasteiger partial charge in [0.2, 0.25) is 10.0 Å². The first-order chi connectivity index (χ1) is 21.5. The summed E-state index contributed by atoms with van der Waals surface area (Å²) in [6.45, 7) is 4.13. The molecule has 13 heteroatoms. The van der Waals surface area contributed by atoms with E-state index in [9.17, 15) is 13.2 Å². The van der Waals surface area contributed by atoms with E-state index in [-0.39, 0.29) is 0 Å². The molecule has 2 N–H and O–H groups in total. The summed E-state index contributed by atoms with van der Waals surface area (Å²) in [5.41, 5.74) is 4.39. The molecule has 5 fully saturated rings. The molecule has 2 saturated heterocycles. The molecule has 9 nitrogen and oxygen atoms in total. The van der Waals surface area contributed by atoms with Gasteiger partial charge in [0.15, 0.2) is 5.13 Å². The largest absolute Gasteiger partial charge is 0.360 e. The first-order valence-electron chi connectivity index (χ1n) is 15.4. The highest BCUT2D eigenvalue weighted by molar-refractivity contribution is 7.91. The second kappa shape index (κ2) is 10.7. The third-order valence-electron chi connectivity index (χ3n) is 10.00. The molecule has 3 saturated carbocycles. The summed E-state index contributed by atoms with van der Waals surface area (Å²) in [5, 5.41) is 10.3. The van der Waals surface area contributed by atoms with Gasteiger partial charge in [-0.15, -0.1) is 0 Å². The monoisotopic (exact) mass is 685 g/mol. The summed E-state index contributed by atoms with van der Waals surface area (Å²) in [6, 6.07) is 10.2. The smallest absolute Gasteiger partial charge is 0.265 e. The van der Waals surface area contributed by atoms with Crippen LogP contribution < -0.4 is 14.9 Å². The zero-order valence-electron chi connectivity index (χ0n) is 24.9. The number of nitrogens with one attached hydrogen (secondary N) is 2. The van der Waals surface area contributed by atoms with Gasteiger partial charge in [-0.05, 0) is 88.6 Å². The van der Waals surface area contributed by atoms with Gasteiger partial charge in [0.1, 0.15) is 11.5 Å². The maximum atomic E-state index is 13.0. The Morgan fingerprint density at radius 2 is 1.84 bits per heavy atom. The number of nitrogens with zero attached hydrogens (tertiary/aromatic N) is 3. The molecule has 0 spiro atoms. The Kier molecular flexibility index (Phi) is 7.04. The number of anilines is 1. The summed E-state index contributed by atoms with van der Waals surface area (Å²) in [5.74, 6) is 0.762. The Labute approximate surface area is 275 Å². The lowest BCUT2D eigenvalue weighted by molar-refractivity contribution is 0.0980. The van der Waals surface area contributed by atoms with Crippen LogP contribution in [0, 0.1) is 6.92 Å². The van der Waals surface area contributed by atoms with Crippen molar-refractivity contribution in [2.75, 3.05) is 4.90 Å². The molecule has 3 aliphatic carbocycles. The van der Waals surface area contributed by atoms with Crippen molar-refractivity contribution >= 4 is 65.8 Å². The summed E-state index contributed by atoms with van der Waals surface area (Å²) in [6.07, 6.45) is 6.45. The lowest BCUT2D eigenvalue weighted by atomic mass is 9.77. The first-order valence-corrected chi connectivity index (χ1v) is 18.5. The van der Waals surface area contributed by atoms with Gasteiger partial charge in [0.05, 0.1) is 25.0 Å². The summed E-state index contributed by atoms with van der Waals surface area (Å²) >= 11 is 14.7. The zero-order valence-corrected chi connectivity index (χ0v) is 28.0. The Hall–Kier alpha value is -2.70. The molecule has 5 aliphatic rings. The normalized spacial score (nSPS) is 23.6. The highest BCUT2D eigenvalue weighted by Crippen LogP contribution is 2.48. The molecule has 45 heavy (non-hydrogen) atoms. The number of fused-ring (bicyclic) bond motifs is 3. The predicted octanol–water partition coefficient (Wildman–Crippen LogP) is 6.96. The molecule has 236 valence electrons. The number of sulfonamides is 1. The summed E-state index contributed by atoms with van der Waals surface area (Å²) < 4.78 is 33.5. The molecule has 2 bridgehead atoms. The van der Waals surface area contributed by atoms with Crippen LogP contribution >= 0.6 is 34.5 Å². The van der Waals surface area contributed by atoms with Crippen LogP contribution in [0.25, 0.3) is 21.5 Å². The third-order valence-corrected chi connectivity index (χ3v) is 13.8. The number of carbonyl (C=O) groups is 1. The van der Waals surface area contributed by atoms with Crippen molar-refractivity contribution in [1.29, 1.82) is 0 Å². The van der Waals surface area contributed by atoms with Crippen LogP contribution in [0.4, 0.5) is 5.13 Å². The highest BCUT2D eigenvalue weighted by Gasteiger charge is 2.51. The lowest BCUT2D eigenvalue weighted by Gasteiger charge is -2.55. The van der Waals surface area contributed by atoms with E-state index in [1.807, 2.05) is 31.2 Å². The van der Waals surface area contributed by atoms with Crippen molar-refractivity contribution < 1.29 is 17.7 Å². The van der Waals surface area contributed by atoms with Gasteiger partial charge >= 0.3 is 0 Å². The van der Waals surface area contributed by atoms with E-state index in [2.05, 4.69) is 20.1 Å². The molecule has 2 aromatic carbocycles. The molecule has 9 rings (SSSR count). The van der Waals surface area contributed by atoms with Crippen molar-refractivity contribution in [3.63, 3.8) is 0 Å². The van der Waals surface area contributed by atoms with Gasteiger partial charge in [-0.3, -0.25) is 4.79 Å². The quantitative estimate of drug-likeness (QED) is 0.194. The van der Waals surface area contributed by atoms with Gasteiger partial charge < -0.3 is 14.7 Å². The highest BCUT2D eigenvalue weighted by atomic mass is 35.5. The summed E-state index contributed by atoms with van der Waals surface area (Å²) in [4.78, 5) is 20.4. The number of benzene rings is 2. The standard InChI is InChI=1S/C32H33Cl2N5O4S2/c1-16-10-25-26(14-21(16)30(40)38-45(41,42)32(2)8-9-32)44-31(36-25)39-19-11-18(12-20(39)13-19)35-15-22-28(37-43-29(22)17-6-7-17)27-23(33)4-3-5-24(27)34/h3-5,10,14,17-20,35H,6-9,11-13,15H2,1-2H3,(H,38,40). The fraction of sp³-hybridized carbons (Fsp3) is 0.469. The Morgan fingerprint density at radius 3 is 2.51 bits per heavy atom. The average molecular weight is 687 g/mol. The molecule has 1 amide bonds. The molecular formula is C32H33Cl2N5O4S2. The molecule has 4 aromatic rings. The molecule has 4 heterocycles. The van der Waals surface area contributed by atoms with Gasteiger partial charge in [-0.2, -0.15) is 0 Å². The maximum Gasteiger partial charge on any atom is 0.265 e. The van der Waals surface area contributed by atoms with Gasteiger partial charge in [0.25, 0.3) is 5.91 Å². The first kappa shape index (κ1) is 29.7. The van der Waals surface area contributed by atoms with E-state index in [4.69, 9.17) is 32.7 Å². The van der Waals surface area contributed by atoms with Crippen LogP contribution in [-0.2, 0) is 16.6 Å². The number of hydrogen-bond acceptors (Lipinski definition) is 9. The van der Waals surface area contributed by atoms with E-state index >= 15 is 0 Å². The number of halogens is 2. The van der Waals surface area contributed by atoms with E-state index in [0.29, 0.717) is 64.6 Å². The number of amides is 1. The van der Waals surface area contributed by atoms with Crippen molar-refractivity contribution in [3.05, 3.63) is 62.8 Å². The van der Waals surface area contributed by atoms with E-state index in [1.54, 1.807) is 24.3 Å². The van der Waals surface area contributed by atoms with Crippen LogP contribution in [0.1, 0.15) is 85.0 Å². The van der Waals surface area contributed by atoms with E-state index in [0.717, 1.165) is 70.0 Å². The van der Waals surface area contributed by atoms with E-state index < -0.39 is 20.7 Å². The van der Waals surface area contributed by atoms with Crippen LogP contribution in [0.15, 0.2) is 34.9 Å². The minimum atomic E-state index is -3.71. The Balaban J connectivity index is 0.967. The van der Waals surface area contributed by atoms with Gasteiger partial charge in [-0.1, -0.05) is 45.8 Å². The van der Waals surface area contributed by atoms with Crippen LogP contribution in [0.5, 0.6) is 0 Å². The number of rotatable bonds is 9. The average Bonchev–Trinajstić information content (AvgIpc) is 3.90. The fourth-order valence-electron chi connectivity index (χ4n) is 6.85. The van der Waals surface area contributed by atoms with Crippen LogP contribution in [0.2, 0.25) is 10.0 Å². The fourth-order valence-corrected chi connectivity index (χ4v) is 9.79. The minimum absolute atomic E-state index is 0.337. The number of aromatic nitrogens is 2. The minimum Gasteiger partial charge on any atom is -0.360 e. The number of aryl methyl sites for hydroxylation is 1. The third kappa shape index (κ3) is 5.15. The predicted molar refractivity (Wildman–Crippen MR) is 177 cm³/mol. The van der Waals surface area contributed by atoms with Crippen molar-refractivity contribution in [1.82, 2.24) is 20.2 Å². The zero-order chi connectivity index (χ0) is 31.2. The second-order valence-electron chi connectivity index (χ2n) is 13.3. The number of thiazole rings is 1. The number of hydrogen-bond donors (Lipinski definition) is 2. The van der Waals surface area contributed by atoms with Gasteiger partial charge in [-0.25, -0.2) is 18.1 Å². The SMILES string of the molecule is Cc1cc2nc(N3C4CC(NCc5c(-c6c(Cl)cccc6Cl)noc5C5CC5)CC3C4)sc2cc1C(=O)NS(=O)(=O)C1(C)CC1. The van der Waals surface area contributed by atoms with Gasteiger partial charge in [0, 0.05) is 47.3 Å². The molecule has 2 aliphatic heterocycles.